The van der Waals surface area contributed by atoms with Gasteiger partial charge in [0.05, 0.1) is 5.02 Å². The molecule has 0 aromatic heterocycles. The fraction of sp³-hybridized carbons (Fsp3) is 0.167. The standard InChI is InChI=1S/C12H13Cl/c1-8(2)10-6-5-7-11(9(3)4)12(10)13/h5-7H,1,3H2,2,4H3. The largest absolute Gasteiger partial charge is 0.0955 e. The van der Waals surface area contributed by atoms with Gasteiger partial charge in [-0.25, -0.2) is 0 Å². The van der Waals surface area contributed by atoms with Gasteiger partial charge in [-0.1, -0.05) is 43.0 Å². The Morgan fingerprint density at radius 3 is 1.77 bits per heavy atom. The summed E-state index contributed by atoms with van der Waals surface area (Å²) in [6, 6.07) is 5.91. The molecule has 0 saturated heterocycles. The molecular weight excluding hydrogens is 180 g/mol. The van der Waals surface area contributed by atoms with Crippen molar-refractivity contribution < 1.29 is 0 Å². The number of hydrogen-bond acceptors (Lipinski definition) is 0. The molecule has 1 heteroatoms. The van der Waals surface area contributed by atoms with Gasteiger partial charge in [0.15, 0.2) is 0 Å². The average molecular weight is 193 g/mol. The Morgan fingerprint density at radius 1 is 1.08 bits per heavy atom. The zero-order valence-corrected chi connectivity index (χ0v) is 8.78. The number of rotatable bonds is 2. The fourth-order valence-electron chi connectivity index (χ4n) is 1.19. The predicted molar refractivity (Wildman–Crippen MR) is 60.9 cm³/mol. The lowest BCUT2D eigenvalue weighted by atomic mass is 10.0. The molecule has 1 rings (SSSR count). The minimum Gasteiger partial charge on any atom is -0.0955 e. The van der Waals surface area contributed by atoms with E-state index >= 15 is 0 Å². The zero-order valence-electron chi connectivity index (χ0n) is 8.02. The van der Waals surface area contributed by atoms with Gasteiger partial charge in [0.2, 0.25) is 0 Å². The molecular formula is C12H13Cl. The molecule has 0 nitrogen and oxygen atoms in total. The number of halogens is 1. The van der Waals surface area contributed by atoms with Crippen molar-refractivity contribution >= 4 is 22.7 Å². The van der Waals surface area contributed by atoms with Crippen LogP contribution < -0.4 is 0 Å². The first-order valence-corrected chi connectivity index (χ1v) is 4.52. The maximum Gasteiger partial charge on any atom is 0.0555 e. The van der Waals surface area contributed by atoms with E-state index in [0.717, 1.165) is 27.3 Å². The van der Waals surface area contributed by atoms with Gasteiger partial charge >= 0.3 is 0 Å². The second-order valence-corrected chi connectivity index (χ2v) is 3.61. The summed E-state index contributed by atoms with van der Waals surface area (Å²) in [6.45, 7) is 11.6. The van der Waals surface area contributed by atoms with Gasteiger partial charge in [-0.3, -0.25) is 0 Å². The monoisotopic (exact) mass is 192 g/mol. The van der Waals surface area contributed by atoms with Crippen LogP contribution >= 0.6 is 11.6 Å². The zero-order chi connectivity index (χ0) is 10.0. The molecule has 0 heterocycles. The van der Waals surface area contributed by atoms with Crippen molar-refractivity contribution in [2.45, 2.75) is 13.8 Å². The Hall–Kier alpha value is -1.01. The van der Waals surface area contributed by atoms with Crippen LogP contribution in [0.4, 0.5) is 0 Å². The molecule has 0 bridgehead atoms. The van der Waals surface area contributed by atoms with Crippen LogP contribution in [0.15, 0.2) is 31.4 Å². The van der Waals surface area contributed by atoms with E-state index in [0.29, 0.717) is 0 Å². The molecule has 0 aliphatic heterocycles. The Kier molecular flexibility index (Phi) is 2.94. The van der Waals surface area contributed by atoms with E-state index in [2.05, 4.69) is 13.2 Å². The van der Waals surface area contributed by atoms with Crippen molar-refractivity contribution in [1.29, 1.82) is 0 Å². The molecule has 0 amide bonds. The third kappa shape index (κ3) is 2.02. The van der Waals surface area contributed by atoms with Gasteiger partial charge in [0.25, 0.3) is 0 Å². The summed E-state index contributed by atoms with van der Waals surface area (Å²) in [7, 11) is 0. The Morgan fingerprint density at radius 2 is 1.46 bits per heavy atom. The van der Waals surface area contributed by atoms with Crippen LogP contribution in [0.1, 0.15) is 25.0 Å². The molecule has 0 aliphatic carbocycles. The molecule has 0 atom stereocenters. The molecule has 13 heavy (non-hydrogen) atoms. The van der Waals surface area contributed by atoms with Crippen LogP contribution in [0.3, 0.4) is 0 Å². The predicted octanol–water partition coefficient (Wildman–Crippen LogP) is 4.41. The van der Waals surface area contributed by atoms with E-state index in [1.807, 2.05) is 32.0 Å². The minimum atomic E-state index is 0.752. The first kappa shape index (κ1) is 10.1. The van der Waals surface area contributed by atoms with E-state index in [1.165, 1.54) is 0 Å². The molecule has 68 valence electrons. The highest BCUT2D eigenvalue weighted by molar-refractivity contribution is 6.34. The number of allylic oxidation sites excluding steroid dienone is 2. The van der Waals surface area contributed by atoms with E-state index in [1.54, 1.807) is 0 Å². The van der Waals surface area contributed by atoms with E-state index in [4.69, 9.17) is 11.6 Å². The highest BCUT2D eigenvalue weighted by atomic mass is 35.5. The summed E-state index contributed by atoms with van der Waals surface area (Å²) in [4.78, 5) is 0. The molecule has 0 radical (unpaired) electrons. The summed E-state index contributed by atoms with van der Waals surface area (Å²) in [5, 5.41) is 0.752. The number of hydrogen-bond donors (Lipinski definition) is 0. The average Bonchev–Trinajstić information content (AvgIpc) is 2.03. The van der Waals surface area contributed by atoms with E-state index < -0.39 is 0 Å². The molecule has 0 spiro atoms. The van der Waals surface area contributed by atoms with E-state index in [-0.39, 0.29) is 0 Å². The molecule has 0 unspecified atom stereocenters. The molecule has 0 fully saturated rings. The smallest absolute Gasteiger partial charge is 0.0555 e. The summed E-state index contributed by atoms with van der Waals surface area (Å²) in [5.41, 5.74) is 3.96. The lowest BCUT2D eigenvalue weighted by Crippen LogP contribution is -1.86. The maximum absolute atomic E-state index is 6.18. The molecule has 0 saturated carbocycles. The lowest BCUT2D eigenvalue weighted by molar-refractivity contribution is 1.52. The van der Waals surface area contributed by atoms with Crippen LogP contribution in [0, 0.1) is 0 Å². The first-order valence-electron chi connectivity index (χ1n) is 4.14. The highest BCUT2D eigenvalue weighted by Crippen LogP contribution is 2.29. The minimum absolute atomic E-state index is 0.752. The summed E-state index contributed by atoms with van der Waals surface area (Å²) in [6.07, 6.45) is 0. The molecule has 0 N–H and O–H groups in total. The van der Waals surface area contributed by atoms with Crippen LogP contribution in [-0.4, -0.2) is 0 Å². The third-order valence-corrected chi connectivity index (χ3v) is 2.33. The second-order valence-electron chi connectivity index (χ2n) is 3.23. The highest BCUT2D eigenvalue weighted by Gasteiger charge is 2.05. The Balaban J connectivity index is 3.35. The van der Waals surface area contributed by atoms with Crippen LogP contribution in [-0.2, 0) is 0 Å². The van der Waals surface area contributed by atoms with Crippen molar-refractivity contribution in [3.63, 3.8) is 0 Å². The normalized spacial score (nSPS) is 9.77. The molecule has 1 aromatic carbocycles. The van der Waals surface area contributed by atoms with Crippen molar-refractivity contribution in [1.82, 2.24) is 0 Å². The fourth-order valence-corrected chi connectivity index (χ4v) is 1.64. The van der Waals surface area contributed by atoms with Crippen LogP contribution in [0.2, 0.25) is 5.02 Å². The van der Waals surface area contributed by atoms with Gasteiger partial charge in [0.1, 0.15) is 0 Å². The Labute approximate surface area is 84.5 Å². The third-order valence-electron chi connectivity index (χ3n) is 1.92. The van der Waals surface area contributed by atoms with Crippen molar-refractivity contribution in [2.75, 3.05) is 0 Å². The summed E-state index contributed by atoms with van der Waals surface area (Å²) in [5.74, 6) is 0. The topological polar surface area (TPSA) is 0 Å². The SMILES string of the molecule is C=C(C)c1cccc(C(=C)C)c1Cl. The van der Waals surface area contributed by atoms with Gasteiger partial charge in [0, 0.05) is 0 Å². The number of benzene rings is 1. The lowest BCUT2D eigenvalue weighted by Gasteiger charge is -2.08. The van der Waals surface area contributed by atoms with Crippen molar-refractivity contribution in [3.8, 4) is 0 Å². The van der Waals surface area contributed by atoms with Crippen LogP contribution in [0.25, 0.3) is 11.1 Å². The van der Waals surface area contributed by atoms with E-state index in [9.17, 15) is 0 Å². The van der Waals surface area contributed by atoms with Gasteiger partial charge in [-0.15, -0.1) is 0 Å². The Bertz CT molecular complexity index is 329. The summed E-state index contributed by atoms with van der Waals surface area (Å²) < 4.78 is 0. The molecule has 0 aliphatic rings. The first-order chi connectivity index (χ1) is 6.04. The van der Waals surface area contributed by atoms with Gasteiger partial charge < -0.3 is 0 Å². The maximum atomic E-state index is 6.18. The van der Waals surface area contributed by atoms with Gasteiger partial charge in [-0.05, 0) is 36.1 Å². The van der Waals surface area contributed by atoms with Gasteiger partial charge in [-0.2, -0.15) is 0 Å². The quantitative estimate of drug-likeness (QED) is 0.652. The van der Waals surface area contributed by atoms with Crippen molar-refractivity contribution in [3.05, 3.63) is 47.5 Å². The van der Waals surface area contributed by atoms with Crippen LogP contribution in [0.5, 0.6) is 0 Å². The second kappa shape index (κ2) is 3.80. The molecule has 1 aromatic rings. The van der Waals surface area contributed by atoms with Crippen molar-refractivity contribution in [2.24, 2.45) is 0 Å². The summed E-state index contributed by atoms with van der Waals surface area (Å²) >= 11 is 6.18.